The third-order valence-electron chi connectivity index (χ3n) is 2.80. The Balaban J connectivity index is 1.87. The highest BCUT2D eigenvalue weighted by Gasteiger charge is 2.06. The Labute approximate surface area is 108 Å². The largest absolute Gasteiger partial charge is 0.366 e. The molecule has 3 aromatic rings. The first kappa shape index (κ1) is 11.5. The molecule has 0 saturated carbocycles. The normalized spacial score (nSPS) is 11.1. The average molecular weight is 259 g/mol. The molecule has 0 aromatic carbocycles. The van der Waals surface area contributed by atoms with Crippen molar-refractivity contribution in [2.75, 3.05) is 5.32 Å². The average Bonchev–Trinajstić information content (AvgIpc) is 2.94. The number of hydrogen-bond acceptors (Lipinski definition) is 5. The summed E-state index contributed by atoms with van der Waals surface area (Å²) in [5.41, 5.74) is 1.33. The summed E-state index contributed by atoms with van der Waals surface area (Å²) >= 11 is 0. The van der Waals surface area contributed by atoms with Crippen LogP contribution in [0, 0.1) is 6.92 Å². The fraction of sp³-hybridized carbons (Fsp3) is 0.273. The lowest BCUT2D eigenvalue weighted by Gasteiger charge is -2.05. The molecule has 3 aromatic heterocycles. The van der Waals surface area contributed by atoms with E-state index in [4.69, 9.17) is 0 Å². The van der Waals surface area contributed by atoms with E-state index in [0.717, 1.165) is 5.56 Å². The second-order valence-electron chi connectivity index (χ2n) is 4.29. The molecule has 0 aliphatic rings. The standard InChI is InChI=1S/C11H13N7O/c1-7-14-9(3-10-15-16-11(19)18(7)10)12-4-8-5-13-17(2)6-8/h3,5-6,12H,4H2,1-2H3,(H,16,19). The molecule has 0 unspecified atom stereocenters. The Morgan fingerprint density at radius 3 is 3.05 bits per heavy atom. The number of nitrogens with one attached hydrogen (secondary N) is 2. The monoisotopic (exact) mass is 259 g/mol. The van der Waals surface area contributed by atoms with Crippen LogP contribution in [0.25, 0.3) is 5.65 Å². The number of aryl methyl sites for hydroxylation is 2. The second-order valence-corrected chi connectivity index (χ2v) is 4.29. The van der Waals surface area contributed by atoms with Crippen molar-refractivity contribution in [3.05, 3.63) is 40.3 Å². The molecule has 98 valence electrons. The van der Waals surface area contributed by atoms with Crippen molar-refractivity contribution in [1.82, 2.24) is 29.4 Å². The van der Waals surface area contributed by atoms with Gasteiger partial charge < -0.3 is 5.32 Å². The summed E-state index contributed by atoms with van der Waals surface area (Å²) in [5.74, 6) is 1.26. The van der Waals surface area contributed by atoms with E-state index in [0.29, 0.717) is 23.8 Å². The number of fused-ring (bicyclic) bond motifs is 1. The lowest BCUT2D eigenvalue weighted by molar-refractivity contribution is 0.767. The van der Waals surface area contributed by atoms with Crippen molar-refractivity contribution in [1.29, 1.82) is 0 Å². The van der Waals surface area contributed by atoms with Crippen LogP contribution in [0.1, 0.15) is 11.4 Å². The highest BCUT2D eigenvalue weighted by molar-refractivity contribution is 5.49. The lowest BCUT2D eigenvalue weighted by atomic mass is 10.3. The van der Waals surface area contributed by atoms with Crippen LogP contribution in [-0.2, 0) is 13.6 Å². The molecule has 3 rings (SSSR count). The Bertz CT molecular complexity index is 782. The molecule has 19 heavy (non-hydrogen) atoms. The quantitative estimate of drug-likeness (QED) is 0.694. The number of hydrogen-bond donors (Lipinski definition) is 2. The van der Waals surface area contributed by atoms with Gasteiger partial charge in [0.25, 0.3) is 0 Å². The number of rotatable bonds is 3. The fourth-order valence-corrected chi connectivity index (χ4v) is 1.94. The Morgan fingerprint density at radius 2 is 2.32 bits per heavy atom. The Kier molecular flexibility index (Phi) is 2.55. The molecule has 3 heterocycles. The number of aromatic nitrogens is 6. The van der Waals surface area contributed by atoms with Gasteiger partial charge in [-0.3, -0.25) is 4.68 Å². The topological polar surface area (TPSA) is 92.9 Å². The molecule has 0 bridgehead atoms. The molecule has 0 aliphatic carbocycles. The summed E-state index contributed by atoms with van der Waals surface area (Å²) in [5, 5.41) is 13.6. The lowest BCUT2D eigenvalue weighted by Crippen LogP contribution is -2.14. The molecule has 2 N–H and O–H groups in total. The number of aromatic amines is 1. The summed E-state index contributed by atoms with van der Waals surface area (Å²) in [6.45, 7) is 2.38. The molecule has 0 atom stereocenters. The minimum Gasteiger partial charge on any atom is -0.366 e. The molecule has 8 nitrogen and oxygen atoms in total. The van der Waals surface area contributed by atoms with Crippen molar-refractivity contribution < 1.29 is 0 Å². The van der Waals surface area contributed by atoms with E-state index in [9.17, 15) is 4.79 Å². The maximum Gasteiger partial charge on any atom is 0.349 e. The minimum absolute atomic E-state index is 0.279. The van der Waals surface area contributed by atoms with E-state index in [-0.39, 0.29) is 5.69 Å². The molecule has 0 radical (unpaired) electrons. The van der Waals surface area contributed by atoms with Crippen LogP contribution in [0.2, 0.25) is 0 Å². The van der Waals surface area contributed by atoms with Crippen LogP contribution in [0.5, 0.6) is 0 Å². The zero-order valence-electron chi connectivity index (χ0n) is 10.6. The summed E-state index contributed by atoms with van der Waals surface area (Å²) in [6.07, 6.45) is 3.72. The van der Waals surface area contributed by atoms with Crippen LogP contribution < -0.4 is 11.0 Å². The van der Waals surface area contributed by atoms with Crippen LogP contribution in [-0.4, -0.2) is 29.4 Å². The van der Waals surface area contributed by atoms with Gasteiger partial charge in [-0.25, -0.2) is 19.3 Å². The van der Waals surface area contributed by atoms with E-state index in [1.54, 1.807) is 23.9 Å². The third-order valence-corrected chi connectivity index (χ3v) is 2.80. The Morgan fingerprint density at radius 1 is 1.47 bits per heavy atom. The van der Waals surface area contributed by atoms with Crippen LogP contribution >= 0.6 is 0 Å². The maximum absolute atomic E-state index is 11.5. The van der Waals surface area contributed by atoms with E-state index in [2.05, 4.69) is 25.6 Å². The van der Waals surface area contributed by atoms with Gasteiger partial charge in [0.05, 0.1) is 6.20 Å². The SMILES string of the molecule is Cc1nc(NCc2cnn(C)c2)cc2n[nH]c(=O)n12. The number of anilines is 1. The highest BCUT2D eigenvalue weighted by atomic mass is 16.1. The van der Waals surface area contributed by atoms with Gasteiger partial charge in [0.2, 0.25) is 0 Å². The van der Waals surface area contributed by atoms with Crippen molar-refractivity contribution in [2.24, 2.45) is 7.05 Å². The van der Waals surface area contributed by atoms with Gasteiger partial charge in [0, 0.05) is 31.4 Å². The van der Waals surface area contributed by atoms with Crippen LogP contribution in [0.3, 0.4) is 0 Å². The summed E-state index contributed by atoms with van der Waals surface area (Å²) in [6, 6.07) is 1.72. The second kappa shape index (κ2) is 4.23. The number of H-pyrrole nitrogens is 1. The van der Waals surface area contributed by atoms with E-state index in [1.165, 1.54) is 4.40 Å². The molecule has 0 fully saturated rings. The molecule has 0 amide bonds. The van der Waals surface area contributed by atoms with Gasteiger partial charge >= 0.3 is 5.69 Å². The number of nitrogens with zero attached hydrogens (tertiary/aromatic N) is 5. The first-order valence-corrected chi connectivity index (χ1v) is 5.79. The van der Waals surface area contributed by atoms with Gasteiger partial charge in [-0.15, -0.1) is 0 Å². The first-order chi connectivity index (χ1) is 9.13. The molecular weight excluding hydrogens is 246 g/mol. The predicted molar refractivity (Wildman–Crippen MR) is 68.9 cm³/mol. The first-order valence-electron chi connectivity index (χ1n) is 5.79. The van der Waals surface area contributed by atoms with Crippen LogP contribution in [0.4, 0.5) is 5.82 Å². The minimum atomic E-state index is -0.279. The highest BCUT2D eigenvalue weighted by Crippen LogP contribution is 2.09. The fourth-order valence-electron chi connectivity index (χ4n) is 1.94. The van der Waals surface area contributed by atoms with Crippen molar-refractivity contribution in [2.45, 2.75) is 13.5 Å². The smallest absolute Gasteiger partial charge is 0.349 e. The van der Waals surface area contributed by atoms with Crippen molar-refractivity contribution >= 4 is 11.5 Å². The summed E-state index contributed by atoms with van der Waals surface area (Å²) in [4.78, 5) is 15.8. The van der Waals surface area contributed by atoms with Gasteiger partial charge in [-0.1, -0.05) is 0 Å². The zero-order valence-corrected chi connectivity index (χ0v) is 10.6. The van der Waals surface area contributed by atoms with E-state index in [1.807, 2.05) is 13.2 Å². The molecule has 0 saturated heterocycles. The van der Waals surface area contributed by atoms with Gasteiger partial charge in [0.15, 0.2) is 5.65 Å². The van der Waals surface area contributed by atoms with Crippen molar-refractivity contribution in [3.63, 3.8) is 0 Å². The molecular formula is C11H13N7O. The molecule has 0 aliphatic heterocycles. The van der Waals surface area contributed by atoms with E-state index >= 15 is 0 Å². The summed E-state index contributed by atoms with van der Waals surface area (Å²) in [7, 11) is 1.87. The zero-order chi connectivity index (χ0) is 13.4. The summed E-state index contributed by atoms with van der Waals surface area (Å²) < 4.78 is 3.17. The predicted octanol–water partition coefficient (Wildman–Crippen LogP) is 0.0716. The molecule has 8 heteroatoms. The van der Waals surface area contributed by atoms with Crippen molar-refractivity contribution in [3.8, 4) is 0 Å². The van der Waals surface area contributed by atoms with Gasteiger partial charge in [0.1, 0.15) is 11.6 Å². The van der Waals surface area contributed by atoms with E-state index < -0.39 is 0 Å². The van der Waals surface area contributed by atoms with Gasteiger partial charge in [-0.05, 0) is 6.92 Å². The van der Waals surface area contributed by atoms with Gasteiger partial charge in [-0.2, -0.15) is 10.2 Å². The molecule has 0 spiro atoms. The Hall–Kier alpha value is -2.64. The van der Waals surface area contributed by atoms with Crippen LogP contribution in [0.15, 0.2) is 23.3 Å². The maximum atomic E-state index is 11.5. The third kappa shape index (κ3) is 2.07.